The first-order valence-corrected chi connectivity index (χ1v) is 12.2. The largest absolute Gasteiger partial charge is 0.468 e. The van der Waals surface area contributed by atoms with E-state index in [9.17, 15) is 9.59 Å². The fraction of sp³-hybridized carbons (Fsp3) is 0.423. The predicted molar refractivity (Wildman–Crippen MR) is 134 cm³/mol. The lowest BCUT2D eigenvalue weighted by atomic mass is 10.0. The summed E-state index contributed by atoms with van der Waals surface area (Å²) in [5, 5.41) is 13.1. The third kappa shape index (κ3) is 5.71. The van der Waals surface area contributed by atoms with E-state index in [2.05, 4.69) is 44.5 Å². The van der Waals surface area contributed by atoms with Crippen molar-refractivity contribution < 1.29 is 13.9 Å². The van der Waals surface area contributed by atoms with Gasteiger partial charge >= 0.3 is 5.97 Å². The first-order valence-electron chi connectivity index (χ1n) is 12.2. The summed E-state index contributed by atoms with van der Waals surface area (Å²) >= 11 is 0. The molecule has 1 atom stereocenters. The molecule has 0 aliphatic carbocycles. The van der Waals surface area contributed by atoms with Crippen LogP contribution in [0.2, 0.25) is 0 Å². The molecule has 36 heavy (non-hydrogen) atoms. The fourth-order valence-electron chi connectivity index (χ4n) is 4.59. The molecule has 4 rings (SSSR count). The van der Waals surface area contributed by atoms with Crippen molar-refractivity contribution in [3.05, 3.63) is 75.2 Å². The number of ether oxygens (including phenoxy) is 1. The van der Waals surface area contributed by atoms with Gasteiger partial charge in [0, 0.05) is 12.1 Å². The van der Waals surface area contributed by atoms with Crippen molar-refractivity contribution in [2.24, 2.45) is 0 Å². The number of hydrogen-bond acceptors (Lipinski definition) is 8. The number of nitrogens with zero attached hydrogens (tertiary/aromatic N) is 5. The van der Waals surface area contributed by atoms with Gasteiger partial charge in [-0.15, -0.1) is 5.10 Å². The zero-order chi connectivity index (χ0) is 25.7. The number of rotatable bonds is 11. The highest BCUT2D eigenvalue weighted by atomic mass is 16.5. The summed E-state index contributed by atoms with van der Waals surface area (Å²) in [5.74, 6) is 0.889. The molecule has 0 spiro atoms. The Morgan fingerprint density at radius 2 is 2.06 bits per heavy atom. The molecule has 0 amide bonds. The maximum absolute atomic E-state index is 13.1. The molecule has 190 valence electrons. The summed E-state index contributed by atoms with van der Waals surface area (Å²) in [6.45, 7) is 8.85. The maximum atomic E-state index is 13.1. The topological polar surface area (TPSA) is 119 Å². The monoisotopic (exact) mass is 492 g/mol. The molecule has 0 aliphatic heterocycles. The molecule has 0 saturated carbocycles. The number of pyridine rings is 1. The van der Waals surface area contributed by atoms with E-state index in [0.29, 0.717) is 30.9 Å². The Kier molecular flexibility index (Phi) is 7.94. The number of tetrazole rings is 1. The van der Waals surface area contributed by atoms with Crippen LogP contribution in [0.1, 0.15) is 61.0 Å². The minimum absolute atomic E-state index is 0.0832. The van der Waals surface area contributed by atoms with E-state index in [-0.39, 0.29) is 24.8 Å². The van der Waals surface area contributed by atoms with E-state index in [1.165, 1.54) is 4.68 Å². The second-order valence-corrected chi connectivity index (χ2v) is 8.96. The van der Waals surface area contributed by atoms with Gasteiger partial charge in [-0.1, -0.05) is 25.0 Å². The zero-order valence-electron chi connectivity index (χ0n) is 21.2. The van der Waals surface area contributed by atoms with Crippen LogP contribution in [0.15, 0.2) is 45.8 Å². The van der Waals surface area contributed by atoms with Crippen molar-refractivity contribution in [1.29, 1.82) is 0 Å². The number of aromatic amines is 1. The third-order valence-electron chi connectivity index (χ3n) is 6.13. The average Bonchev–Trinajstić information content (AvgIpc) is 3.50. The van der Waals surface area contributed by atoms with Gasteiger partial charge in [0.2, 0.25) is 0 Å². The molecule has 10 nitrogen and oxygen atoms in total. The number of aryl methyl sites for hydroxylation is 2. The standard InChI is InChI=1S/C26H32N6O4/c1-5-8-22(25-28-29-30-32(25)16-23(33)35-6-2)31(15-21-9-7-10-36-21)14-20-13-19-12-17(3)11-18(4)24(19)27-26(20)34/h7,9-13,22H,5-6,8,14-16H2,1-4H3,(H,27,34)/t22-/m1/s1. The molecule has 4 aromatic rings. The Bertz CT molecular complexity index is 1380. The SMILES string of the molecule is CCC[C@H](c1nnnn1CC(=O)OCC)N(Cc1ccco1)Cc1cc2cc(C)cc(C)c2[nH]c1=O. The normalized spacial score (nSPS) is 12.4. The highest BCUT2D eigenvalue weighted by molar-refractivity contribution is 5.82. The van der Waals surface area contributed by atoms with E-state index in [0.717, 1.165) is 34.2 Å². The number of nitrogens with one attached hydrogen (secondary N) is 1. The van der Waals surface area contributed by atoms with Crippen LogP contribution in [0.3, 0.4) is 0 Å². The van der Waals surface area contributed by atoms with Crippen LogP contribution in [0.4, 0.5) is 0 Å². The van der Waals surface area contributed by atoms with Gasteiger partial charge in [0.05, 0.1) is 31.0 Å². The molecule has 1 N–H and O–H groups in total. The second-order valence-electron chi connectivity index (χ2n) is 8.96. The first-order chi connectivity index (χ1) is 17.4. The number of fused-ring (bicyclic) bond motifs is 1. The fourth-order valence-corrected chi connectivity index (χ4v) is 4.59. The number of benzene rings is 1. The van der Waals surface area contributed by atoms with Gasteiger partial charge in [0.15, 0.2) is 5.82 Å². The number of esters is 1. The maximum Gasteiger partial charge on any atom is 0.327 e. The van der Waals surface area contributed by atoms with Gasteiger partial charge in [-0.2, -0.15) is 0 Å². The number of furan rings is 1. The number of aromatic nitrogens is 5. The number of H-pyrrole nitrogens is 1. The molecule has 3 heterocycles. The highest BCUT2D eigenvalue weighted by Crippen LogP contribution is 2.28. The summed E-state index contributed by atoms with van der Waals surface area (Å²) in [6, 6.07) is 9.55. The summed E-state index contributed by atoms with van der Waals surface area (Å²) in [7, 11) is 0. The Labute approximate surface area is 209 Å². The summed E-state index contributed by atoms with van der Waals surface area (Å²) < 4.78 is 12.2. The van der Waals surface area contributed by atoms with Gasteiger partial charge in [-0.05, 0) is 72.8 Å². The molecule has 1 aromatic carbocycles. The minimum Gasteiger partial charge on any atom is -0.468 e. The quantitative estimate of drug-likeness (QED) is 0.314. The van der Waals surface area contributed by atoms with Gasteiger partial charge in [0.1, 0.15) is 12.3 Å². The molecule has 3 aromatic heterocycles. The lowest BCUT2D eigenvalue weighted by Crippen LogP contribution is -2.33. The Morgan fingerprint density at radius 3 is 2.78 bits per heavy atom. The zero-order valence-corrected chi connectivity index (χ0v) is 21.2. The van der Waals surface area contributed by atoms with Crippen LogP contribution in [0, 0.1) is 13.8 Å². The Balaban J connectivity index is 1.74. The summed E-state index contributed by atoms with van der Waals surface area (Å²) in [6.07, 6.45) is 3.19. The van der Waals surface area contributed by atoms with Gasteiger partial charge in [-0.25, -0.2) is 4.68 Å². The van der Waals surface area contributed by atoms with Crippen LogP contribution in [0.25, 0.3) is 10.9 Å². The molecule has 10 heteroatoms. The Hall–Kier alpha value is -3.79. The van der Waals surface area contributed by atoms with E-state index in [4.69, 9.17) is 9.15 Å². The van der Waals surface area contributed by atoms with Crippen LogP contribution >= 0.6 is 0 Å². The molecular weight excluding hydrogens is 460 g/mol. The number of hydrogen-bond donors (Lipinski definition) is 1. The van der Waals surface area contributed by atoms with Crippen molar-refractivity contribution in [3.8, 4) is 0 Å². The van der Waals surface area contributed by atoms with Gasteiger partial charge in [-0.3, -0.25) is 14.5 Å². The summed E-state index contributed by atoms with van der Waals surface area (Å²) in [5.41, 5.74) is 3.50. The number of carbonyl (C=O) groups excluding carboxylic acids is 1. The molecule has 0 fully saturated rings. The van der Waals surface area contributed by atoms with Crippen LogP contribution < -0.4 is 5.56 Å². The van der Waals surface area contributed by atoms with E-state index >= 15 is 0 Å². The van der Waals surface area contributed by atoms with Crippen molar-refractivity contribution in [3.63, 3.8) is 0 Å². The number of carbonyl (C=O) groups is 1. The minimum atomic E-state index is -0.407. The van der Waals surface area contributed by atoms with E-state index in [1.807, 2.05) is 32.0 Å². The molecule has 0 aliphatic rings. The van der Waals surface area contributed by atoms with Crippen LogP contribution in [-0.2, 0) is 29.2 Å². The smallest absolute Gasteiger partial charge is 0.327 e. The lowest BCUT2D eigenvalue weighted by molar-refractivity contribution is -0.144. The van der Waals surface area contributed by atoms with Crippen molar-refractivity contribution in [2.45, 2.75) is 66.2 Å². The average molecular weight is 493 g/mol. The van der Waals surface area contributed by atoms with Crippen LogP contribution in [-0.4, -0.2) is 42.7 Å². The highest BCUT2D eigenvalue weighted by Gasteiger charge is 2.28. The van der Waals surface area contributed by atoms with Crippen molar-refractivity contribution in [2.75, 3.05) is 6.61 Å². The Morgan fingerprint density at radius 1 is 1.22 bits per heavy atom. The predicted octanol–water partition coefficient (Wildman–Crippen LogP) is 3.83. The van der Waals surface area contributed by atoms with E-state index < -0.39 is 5.97 Å². The molecule has 0 saturated heterocycles. The van der Waals surface area contributed by atoms with Crippen molar-refractivity contribution >= 4 is 16.9 Å². The van der Waals surface area contributed by atoms with E-state index in [1.54, 1.807) is 13.2 Å². The first kappa shape index (κ1) is 25.3. The molecule has 0 unspecified atom stereocenters. The second kappa shape index (κ2) is 11.3. The molecule has 0 bridgehead atoms. The molecule has 0 radical (unpaired) electrons. The van der Waals surface area contributed by atoms with Gasteiger partial charge in [0.25, 0.3) is 5.56 Å². The van der Waals surface area contributed by atoms with Crippen LogP contribution in [0.5, 0.6) is 0 Å². The lowest BCUT2D eigenvalue weighted by Gasteiger charge is -2.30. The third-order valence-corrected chi connectivity index (χ3v) is 6.13. The van der Waals surface area contributed by atoms with Gasteiger partial charge < -0.3 is 14.1 Å². The summed E-state index contributed by atoms with van der Waals surface area (Å²) in [4.78, 5) is 30.5. The van der Waals surface area contributed by atoms with Crippen molar-refractivity contribution in [1.82, 2.24) is 30.1 Å². The molecular formula is C26H32N6O4.